The molecule has 0 saturated carbocycles. The molecule has 18 heavy (non-hydrogen) atoms. The molecule has 1 saturated heterocycles. The summed E-state index contributed by atoms with van der Waals surface area (Å²) in [4.78, 5) is 2.36. The Hall–Kier alpha value is -0.640. The zero-order valence-corrected chi connectivity index (χ0v) is 11.5. The number of benzene rings is 1. The predicted octanol–water partition coefficient (Wildman–Crippen LogP) is 3.05. The van der Waals surface area contributed by atoms with Crippen molar-refractivity contribution in [1.82, 2.24) is 10.2 Å². The first kappa shape index (κ1) is 13.8. The molecule has 0 aromatic heterocycles. The van der Waals surface area contributed by atoms with Crippen molar-refractivity contribution in [3.05, 3.63) is 34.6 Å². The number of halogens is 2. The lowest BCUT2D eigenvalue weighted by molar-refractivity contribution is 0.197. The maximum atomic E-state index is 13.9. The molecule has 0 spiro atoms. The van der Waals surface area contributed by atoms with E-state index in [0.29, 0.717) is 18.2 Å². The summed E-state index contributed by atoms with van der Waals surface area (Å²) in [6.45, 7) is 5.86. The topological polar surface area (TPSA) is 15.3 Å². The van der Waals surface area contributed by atoms with E-state index >= 15 is 0 Å². The van der Waals surface area contributed by atoms with E-state index in [1.807, 2.05) is 12.1 Å². The van der Waals surface area contributed by atoms with Crippen molar-refractivity contribution < 1.29 is 4.39 Å². The molecule has 1 unspecified atom stereocenters. The monoisotopic (exact) mass is 270 g/mol. The van der Waals surface area contributed by atoms with Crippen molar-refractivity contribution in [2.45, 2.75) is 32.4 Å². The lowest BCUT2D eigenvalue weighted by Crippen LogP contribution is -2.37. The maximum absolute atomic E-state index is 13.9. The van der Waals surface area contributed by atoms with Crippen LogP contribution in [-0.2, 0) is 6.54 Å². The van der Waals surface area contributed by atoms with Gasteiger partial charge < -0.3 is 5.32 Å². The van der Waals surface area contributed by atoms with E-state index in [1.54, 1.807) is 6.07 Å². The second-order valence-electron chi connectivity index (χ2n) is 4.83. The van der Waals surface area contributed by atoms with E-state index in [-0.39, 0.29) is 10.8 Å². The third-order valence-electron chi connectivity index (χ3n) is 3.47. The summed E-state index contributed by atoms with van der Waals surface area (Å²) in [6.07, 6.45) is 2.22. The van der Waals surface area contributed by atoms with Crippen LogP contribution in [0.4, 0.5) is 4.39 Å². The van der Waals surface area contributed by atoms with Gasteiger partial charge >= 0.3 is 0 Å². The molecule has 0 amide bonds. The summed E-state index contributed by atoms with van der Waals surface area (Å²) in [5.74, 6) is -0.272. The molecule has 1 N–H and O–H groups in total. The SMILES string of the molecule is CCCN(Cc1cccc(Cl)c1F)C1CCNC1. The molecule has 1 aliphatic rings. The third kappa shape index (κ3) is 3.22. The minimum Gasteiger partial charge on any atom is -0.315 e. The van der Waals surface area contributed by atoms with Gasteiger partial charge in [0.2, 0.25) is 0 Å². The largest absolute Gasteiger partial charge is 0.315 e. The Bertz CT molecular complexity index is 391. The van der Waals surface area contributed by atoms with Gasteiger partial charge in [-0.3, -0.25) is 4.90 Å². The van der Waals surface area contributed by atoms with Crippen LogP contribution in [0.2, 0.25) is 5.02 Å². The van der Waals surface area contributed by atoms with Crippen LogP contribution in [0.1, 0.15) is 25.3 Å². The zero-order valence-electron chi connectivity index (χ0n) is 10.8. The van der Waals surface area contributed by atoms with Gasteiger partial charge in [-0.15, -0.1) is 0 Å². The lowest BCUT2D eigenvalue weighted by atomic mass is 10.1. The lowest BCUT2D eigenvalue weighted by Gasteiger charge is -2.28. The van der Waals surface area contributed by atoms with E-state index in [4.69, 9.17) is 11.6 Å². The summed E-state index contributed by atoms with van der Waals surface area (Å²) in [5.41, 5.74) is 0.697. The number of nitrogens with one attached hydrogen (secondary N) is 1. The van der Waals surface area contributed by atoms with Crippen LogP contribution in [0.15, 0.2) is 18.2 Å². The summed E-state index contributed by atoms with van der Waals surface area (Å²) in [7, 11) is 0. The minimum atomic E-state index is -0.272. The highest BCUT2D eigenvalue weighted by Gasteiger charge is 2.22. The van der Waals surface area contributed by atoms with Crippen molar-refractivity contribution in [3.63, 3.8) is 0 Å². The second-order valence-corrected chi connectivity index (χ2v) is 5.24. The van der Waals surface area contributed by atoms with Crippen molar-refractivity contribution in [2.75, 3.05) is 19.6 Å². The number of rotatable bonds is 5. The molecule has 1 atom stereocenters. The molecule has 2 nitrogen and oxygen atoms in total. The molecular formula is C14H20ClFN2. The van der Waals surface area contributed by atoms with Gasteiger partial charge in [-0.25, -0.2) is 4.39 Å². The molecular weight excluding hydrogens is 251 g/mol. The van der Waals surface area contributed by atoms with Gasteiger partial charge in [0.05, 0.1) is 5.02 Å². The number of hydrogen-bond acceptors (Lipinski definition) is 2. The second kappa shape index (κ2) is 6.50. The molecule has 100 valence electrons. The number of hydrogen-bond donors (Lipinski definition) is 1. The Morgan fingerprint density at radius 2 is 2.33 bits per heavy atom. The summed E-state index contributed by atoms with van der Waals surface area (Å²) < 4.78 is 13.9. The molecule has 1 heterocycles. The van der Waals surface area contributed by atoms with Gasteiger partial charge in [0.15, 0.2) is 0 Å². The van der Waals surface area contributed by atoms with Crippen molar-refractivity contribution in [3.8, 4) is 0 Å². The third-order valence-corrected chi connectivity index (χ3v) is 3.76. The average Bonchev–Trinajstić information content (AvgIpc) is 2.88. The molecule has 1 aliphatic heterocycles. The Labute approximate surface area is 113 Å². The van der Waals surface area contributed by atoms with Gasteiger partial charge in [0, 0.05) is 24.7 Å². The van der Waals surface area contributed by atoms with Gasteiger partial charge in [-0.2, -0.15) is 0 Å². The predicted molar refractivity (Wildman–Crippen MR) is 73.4 cm³/mol. The summed E-state index contributed by atoms with van der Waals surface area (Å²) >= 11 is 5.83. The van der Waals surface area contributed by atoms with E-state index in [0.717, 1.165) is 32.5 Å². The smallest absolute Gasteiger partial charge is 0.146 e. The van der Waals surface area contributed by atoms with Gasteiger partial charge in [0.1, 0.15) is 5.82 Å². The van der Waals surface area contributed by atoms with Crippen LogP contribution in [0.5, 0.6) is 0 Å². The van der Waals surface area contributed by atoms with Gasteiger partial charge in [-0.05, 0) is 32.0 Å². The van der Waals surface area contributed by atoms with Gasteiger partial charge in [0.25, 0.3) is 0 Å². The molecule has 1 aromatic rings. The molecule has 0 bridgehead atoms. The Morgan fingerprint density at radius 3 is 3.00 bits per heavy atom. The molecule has 0 aliphatic carbocycles. The molecule has 2 rings (SSSR count). The highest BCUT2D eigenvalue weighted by molar-refractivity contribution is 6.30. The van der Waals surface area contributed by atoms with Crippen molar-refractivity contribution >= 4 is 11.6 Å². The first-order valence-electron chi connectivity index (χ1n) is 6.60. The highest BCUT2D eigenvalue weighted by Crippen LogP contribution is 2.21. The van der Waals surface area contributed by atoms with E-state index < -0.39 is 0 Å². The normalized spacial score (nSPS) is 19.7. The van der Waals surface area contributed by atoms with E-state index in [1.165, 1.54) is 0 Å². The highest BCUT2D eigenvalue weighted by atomic mass is 35.5. The maximum Gasteiger partial charge on any atom is 0.146 e. The molecule has 1 fully saturated rings. The fourth-order valence-corrected chi connectivity index (χ4v) is 2.71. The summed E-state index contributed by atoms with van der Waals surface area (Å²) in [5, 5.41) is 3.58. The fourth-order valence-electron chi connectivity index (χ4n) is 2.52. The molecule has 4 heteroatoms. The van der Waals surface area contributed by atoms with E-state index in [2.05, 4.69) is 17.1 Å². The Morgan fingerprint density at radius 1 is 1.50 bits per heavy atom. The number of nitrogens with zero attached hydrogens (tertiary/aromatic N) is 1. The zero-order chi connectivity index (χ0) is 13.0. The first-order valence-corrected chi connectivity index (χ1v) is 6.97. The first-order chi connectivity index (χ1) is 8.72. The van der Waals surface area contributed by atoms with Crippen LogP contribution in [-0.4, -0.2) is 30.6 Å². The average molecular weight is 271 g/mol. The Balaban J connectivity index is 2.10. The van der Waals surface area contributed by atoms with Crippen LogP contribution >= 0.6 is 11.6 Å². The van der Waals surface area contributed by atoms with Crippen LogP contribution < -0.4 is 5.32 Å². The Kier molecular flexibility index (Phi) is 4.98. The molecule has 0 radical (unpaired) electrons. The minimum absolute atomic E-state index is 0.216. The molecule has 1 aromatic carbocycles. The summed E-state index contributed by atoms with van der Waals surface area (Å²) in [6, 6.07) is 5.76. The van der Waals surface area contributed by atoms with Crippen molar-refractivity contribution in [2.24, 2.45) is 0 Å². The standard InChI is InChI=1S/C14H20ClFN2/c1-2-8-18(12-6-7-17-9-12)10-11-4-3-5-13(15)14(11)16/h3-5,12,17H,2,6-10H2,1H3. The van der Waals surface area contributed by atoms with Gasteiger partial charge in [-0.1, -0.05) is 30.7 Å². The van der Waals surface area contributed by atoms with Crippen molar-refractivity contribution in [1.29, 1.82) is 0 Å². The van der Waals surface area contributed by atoms with Crippen LogP contribution in [0, 0.1) is 5.82 Å². The van der Waals surface area contributed by atoms with E-state index in [9.17, 15) is 4.39 Å². The van der Waals surface area contributed by atoms with Crippen LogP contribution in [0.3, 0.4) is 0 Å². The van der Waals surface area contributed by atoms with Crippen LogP contribution in [0.25, 0.3) is 0 Å². The quantitative estimate of drug-likeness (QED) is 0.885. The fraction of sp³-hybridized carbons (Fsp3) is 0.571.